The smallest absolute Gasteiger partial charge is 0.257 e. The summed E-state index contributed by atoms with van der Waals surface area (Å²) in [4.78, 5) is 29.1. The third-order valence-electron chi connectivity index (χ3n) is 5.71. The number of hydrogen-bond donors (Lipinski definition) is 1. The Labute approximate surface area is 172 Å². The Morgan fingerprint density at radius 1 is 1.07 bits per heavy atom. The molecule has 2 atom stereocenters. The SMILES string of the molecule is COc1cccc(C(=O)N2CCN(C(=O)C[C@@H]3CCC[C@H]3N)CC2)c1OC.Cl. The van der Waals surface area contributed by atoms with Crippen LogP contribution in [0, 0.1) is 5.92 Å². The van der Waals surface area contributed by atoms with Crippen molar-refractivity contribution < 1.29 is 19.1 Å². The van der Waals surface area contributed by atoms with Crippen LogP contribution in [0.2, 0.25) is 0 Å². The number of para-hydroxylation sites is 1. The van der Waals surface area contributed by atoms with Gasteiger partial charge in [0.2, 0.25) is 5.91 Å². The number of ether oxygens (including phenoxy) is 2. The van der Waals surface area contributed by atoms with E-state index >= 15 is 0 Å². The minimum Gasteiger partial charge on any atom is -0.493 e. The predicted octanol–water partition coefficient (Wildman–Crippen LogP) is 1.93. The Kier molecular flexibility index (Phi) is 7.95. The number of halogens is 1. The summed E-state index contributed by atoms with van der Waals surface area (Å²) < 4.78 is 10.7. The van der Waals surface area contributed by atoms with Gasteiger partial charge >= 0.3 is 0 Å². The maximum absolute atomic E-state index is 12.9. The van der Waals surface area contributed by atoms with E-state index < -0.39 is 0 Å². The van der Waals surface area contributed by atoms with Crippen LogP contribution >= 0.6 is 12.4 Å². The highest BCUT2D eigenvalue weighted by Gasteiger charge is 2.31. The van der Waals surface area contributed by atoms with Crippen molar-refractivity contribution in [2.45, 2.75) is 31.7 Å². The first-order valence-electron chi connectivity index (χ1n) is 9.58. The predicted molar refractivity (Wildman–Crippen MR) is 109 cm³/mol. The van der Waals surface area contributed by atoms with Crippen molar-refractivity contribution in [3.05, 3.63) is 23.8 Å². The summed E-state index contributed by atoms with van der Waals surface area (Å²) in [6.07, 6.45) is 3.70. The molecule has 3 rings (SSSR count). The zero-order chi connectivity index (χ0) is 19.4. The molecular weight excluding hydrogens is 382 g/mol. The normalized spacial score (nSPS) is 21.8. The maximum Gasteiger partial charge on any atom is 0.257 e. The molecule has 8 heteroatoms. The molecule has 0 unspecified atom stereocenters. The zero-order valence-electron chi connectivity index (χ0n) is 16.6. The highest BCUT2D eigenvalue weighted by atomic mass is 35.5. The van der Waals surface area contributed by atoms with Gasteiger partial charge in [0.15, 0.2) is 11.5 Å². The lowest BCUT2D eigenvalue weighted by molar-refractivity contribution is -0.133. The van der Waals surface area contributed by atoms with Crippen LogP contribution in [-0.2, 0) is 4.79 Å². The molecule has 1 aliphatic heterocycles. The van der Waals surface area contributed by atoms with Gasteiger partial charge in [-0.15, -0.1) is 12.4 Å². The number of amides is 2. The number of hydrogen-bond acceptors (Lipinski definition) is 5. The molecule has 1 aromatic rings. The van der Waals surface area contributed by atoms with Crippen LogP contribution in [0.25, 0.3) is 0 Å². The summed E-state index contributed by atoms with van der Waals surface area (Å²) in [5, 5.41) is 0. The Morgan fingerprint density at radius 3 is 2.32 bits per heavy atom. The minimum atomic E-state index is -0.101. The molecule has 0 aromatic heterocycles. The molecule has 1 aromatic carbocycles. The third kappa shape index (κ3) is 4.70. The van der Waals surface area contributed by atoms with Crippen LogP contribution in [0.4, 0.5) is 0 Å². The van der Waals surface area contributed by atoms with E-state index in [1.165, 1.54) is 7.11 Å². The number of methoxy groups -OCH3 is 2. The highest BCUT2D eigenvalue weighted by Crippen LogP contribution is 2.32. The van der Waals surface area contributed by atoms with E-state index in [1.807, 2.05) is 4.90 Å². The van der Waals surface area contributed by atoms with Crippen LogP contribution in [-0.4, -0.2) is 68.1 Å². The van der Waals surface area contributed by atoms with Crippen LogP contribution < -0.4 is 15.2 Å². The summed E-state index contributed by atoms with van der Waals surface area (Å²) in [7, 11) is 3.08. The first kappa shape index (κ1) is 22.3. The lowest BCUT2D eigenvalue weighted by atomic mass is 9.99. The zero-order valence-corrected chi connectivity index (χ0v) is 17.4. The number of benzene rings is 1. The molecule has 2 amide bonds. The van der Waals surface area contributed by atoms with E-state index in [9.17, 15) is 9.59 Å². The molecule has 0 radical (unpaired) electrons. The molecule has 156 valence electrons. The number of carbonyl (C=O) groups excluding carboxylic acids is 2. The van der Waals surface area contributed by atoms with Gasteiger partial charge in [-0.3, -0.25) is 9.59 Å². The average molecular weight is 412 g/mol. The Bertz CT molecular complexity index is 692. The fourth-order valence-corrected chi connectivity index (χ4v) is 4.06. The molecular formula is C20H30ClN3O4. The van der Waals surface area contributed by atoms with Crippen LogP contribution in [0.1, 0.15) is 36.0 Å². The fourth-order valence-electron chi connectivity index (χ4n) is 4.06. The van der Waals surface area contributed by atoms with Crippen LogP contribution in [0.3, 0.4) is 0 Å². The molecule has 0 bridgehead atoms. The molecule has 0 spiro atoms. The van der Waals surface area contributed by atoms with Gasteiger partial charge in [-0.2, -0.15) is 0 Å². The molecule has 2 N–H and O–H groups in total. The molecule has 2 aliphatic rings. The minimum absolute atomic E-state index is 0. The molecule has 1 saturated carbocycles. The molecule has 1 aliphatic carbocycles. The van der Waals surface area contributed by atoms with Crippen LogP contribution in [0.15, 0.2) is 18.2 Å². The summed E-state index contributed by atoms with van der Waals surface area (Å²) in [5.74, 6) is 1.33. The van der Waals surface area contributed by atoms with Gasteiger partial charge in [0.05, 0.1) is 19.8 Å². The summed E-state index contributed by atoms with van der Waals surface area (Å²) in [6.45, 7) is 2.14. The standard InChI is InChI=1S/C20H29N3O4.ClH/c1-26-17-8-4-6-15(19(17)27-2)20(25)23-11-9-22(10-12-23)18(24)13-14-5-3-7-16(14)21;/h4,6,8,14,16H,3,5,7,9-13,21H2,1-2H3;1H/t14-,16+;/m0./s1. The quantitative estimate of drug-likeness (QED) is 0.800. The first-order valence-corrected chi connectivity index (χ1v) is 9.58. The third-order valence-corrected chi connectivity index (χ3v) is 5.71. The van der Waals surface area contributed by atoms with Gasteiger partial charge in [-0.1, -0.05) is 12.5 Å². The van der Waals surface area contributed by atoms with Crippen molar-refractivity contribution >= 4 is 24.2 Å². The molecule has 2 fully saturated rings. The van der Waals surface area contributed by atoms with E-state index in [1.54, 1.807) is 30.2 Å². The Hall–Kier alpha value is -1.99. The largest absolute Gasteiger partial charge is 0.493 e. The second-order valence-electron chi connectivity index (χ2n) is 7.27. The number of nitrogens with two attached hydrogens (primary N) is 1. The summed E-state index contributed by atoms with van der Waals surface area (Å²) in [6, 6.07) is 5.43. The number of rotatable bonds is 5. The van der Waals surface area contributed by atoms with E-state index in [-0.39, 0.29) is 30.3 Å². The van der Waals surface area contributed by atoms with Crippen molar-refractivity contribution in [3.63, 3.8) is 0 Å². The number of carbonyl (C=O) groups is 2. The Balaban J connectivity index is 0.00000280. The second-order valence-corrected chi connectivity index (χ2v) is 7.27. The van der Waals surface area contributed by atoms with Crippen molar-refractivity contribution in [2.75, 3.05) is 40.4 Å². The van der Waals surface area contributed by atoms with Gasteiger partial charge in [0.25, 0.3) is 5.91 Å². The molecule has 1 saturated heterocycles. The van der Waals surface area contributed by atoms with Gasteiger partial charge in [-0.25, -0.2) is 0 Å². The number of nitrogens with zero attached hydrogens (tertiary/aromatic N) is 2. The topological polar surface area (TPSA) is 85.1 Å². The lowest BCUT2D eigenvalue weighted by Crippen LogP contribution is -2.51. The second kappa shape index (κ2) is 9.98. The van der Waals surface area contributed by atoms with Crippen molar-refractivity contribution in [2.24, 2.45) is 11.7 Å². The van der Waals surface area contributed by atoms with Gasteiger partial charge in [0, 0.05) is 38.6 Å². The monoisotopic (exact) mass is 411 g/mol. The van der Waals surface area contributed by atoms with Crippen molar-refractivity contribution in [3.8, 4) is 11.5 Å². The lowest BCUT2D eigenvalue weighted by Gasteiger charge is -2.35. The van der Waals surface area contributed by atoms with Gasteiger partial charge in [0.1, 0.15) is 0 Å². The van der Waals surface area contributed by atoms with Crippen LogP contribution in [0.5, 0.6) is 11.5 Å². The molecule has 1 heterocycles. The fraction of sp³-hybridized carbons (Fsp3) is 0.600. The summed E-state index contributed by atoms with van der Waals surface area (Å²) >= 11 is 0. The van der Waals surface area contributed by atoms with Gasteiger partial charge in [-0.05, 0) is 30.9 Å². The molecule has 28 heavy (non-hydrogen) atoms. The summed E-state index contributed by atoms with van der Waals surface area (Å²) in [5.41, 5.74) is 6.57. The average Bonchev–Trinajstić information content (AvgIpc) is 3.11. The van der Waals surface area contributed by atoms with Crippen molar-refractivity contribution in [1.82, 2.24) is 9.80 Å². The van der Waals surface area contributed by atoms with E-state index in [0.29, 0.717) is 55.6 Å². The van der Waals surface area contributed by atoms with E-state index in [4.69, 9.17) is 15.2 Å². The maximum atomic E-state index is 12.9. The van der Waals surface area contributed by atoms with Crippen molar-refractivity contribution in [1.29, 1.82) is 0 Å². The first-order chi connectivity index (χ1) is 13.0. The van der Waals surface area contributed by atoms with E-state index in [2.05, 4.69) is 0 Å². The highest BCUT2D eigenvalue weighted by molar-refractivity contribution is 5.98. The number of piperazine rings is 1. The van der Waals surface area contributed by atoms with E-state index in [0.717, 1.165) is 19.3 Å². The van der Waals surface area contributed by atoms with Gasteiger partial charge < -0.3 is 25.0 Å². The molecule has 7 nitrogen and oxygen atoms in total. The Morgan fingerprint density at radius 2 is 1.75 bits per heavy atom.